The molecule has 3 fully saturated rings. The number of hydrogen-bond donors (Lipinski definition) is 1. The minimum atomic E-state index is -1.16. The molecule has 3 atom stereocenters. The van der Waals surface area contributed by atoms with E-state index in [-0.39, 0.29) is 12.1 Å². The van der Waals surface area contributed by atoms with Crippen molar-refractivity contribution in [2.75, 3.05) is 56.2 Å². The first-order valence-corrected chi connectivity index (χ1v) is 21.0. The number of ether oxygens (including phenoxy) is 2. The summed E-state index contributed by atoms with van der Waals surface area (Å²) in [6, 6.07) is 6.23. The van der Waals surface area contributed by atoms with Gasteiger partial charge in [0.15, 0.2) is 0 Å². The van der Waals surface area contributed by atoms with E-state index in [1.165, 1.54) is 17.7 Å². The molecule has 3 saturated heterocycles. The number of rotatable bonds is 10. The van der Waals surface area contributed by atoms with E-state index in [2.05, 4.69) is 60.4 Å². The summed E-state index contributed by atoms with van der Waals surface area (Å²) in [6.45, 7) is 14.9. The van der Waals surface area contributed by atoms with Crippen LogP contribution in [-0.2, 0) is 24.4 Å². The van der Waals surface area contributed by atoms with Crippen LogP contribution < -0.4 is 14.5 Å². The fraction of sp³-hybridized carbons (Fsp3) is 0.647. The highest BCUT2D eigenvalue weighted by Gasteiger charge is 2.44. The van der Waals surface area contributed by atoms with E-state index in [9.17, 15) is 9.90 Å². The zero-order chi connectivity index (χ0) is 32.9. The van der Waals surface area contributed by atoms with Gasteiger partial charge in [0, 0.05) is 51.3 Å². The van der Waals surface area contributed by atoms with Crippen LogP contribution in [0, 0.1) is 6.92 Å². The first kappa shape index (κ1) is 32.1. The number of carboxylic acid groups (broad SMARTS) is 1. The highest BCUT2D eigenvalue weighted by Crippen LogP contribution is 2.38. The number of piperazine rings is 1. The second-order valence-corrected chi connectivity index (χ2v) is 20.8. The summed E-state index contributed by atoms with van der Waals surface area (Å²) < 4.78 is 14.4. The van der Waals surface area contributed by atoms with Crippen molar-refractivity contribution in [1.29, 1.82) is 0 Å². The highest BCUT2D eigenvalue weighted by atomic mass is 28.3. The monoisotopic (exact) mass is 662 g/mol. The number of aryl methyl sites for hydroxylation is 1. The quantitative estimate of drug-likeness (QED) is 0.240. The van der Waals surface area contributed by atoms with Crippen LogP contribution in [0.25, 0.3) is 10.9 Å². The Morgan fingerprint density at radius 3 is 2.55 bits per heavy atom. The molecule has 2 aromatic heterocycles. The average molecular weight is 663 g/mol. The Morgan fingerprint density at radius 2 is 1.85 bits per heavy atom. The number of nitrogens with zero attached hydrogens (tertiary/aromatic N) is 8. The largest absolute Gasteiger partial charge is 0.465 e. The number of aromatic nitrogens is 4. The number of amides is 1. The van der Waals surface area contributed by atoms with Crippen LogP contribution >= 0.6 is 0 Å². The molecule has 47 heavy (non-hydrogen) atoms. The summed E-state index contributed by atoms with van der Waals surface area (Å²) in [7, 11) is 0.994. The number of fused-ring (bicyclic) bond motifs is 4. The fourth-order valence-electron chi connectivity index (χ4n) is 7.95. The van der Waals surface area contributed by atoms with E-state index >= 15 is 0 Å². The van der Waals surface area contributed by atoms with Gasteiger partial charge in [-0.3, -0.25) is 4.90 Å². The molecule has 0 radical (unpaired) electrons. The molecular weight excluding hydrogens is 613 g/mol. The molecule has 3 aromatic rings. The normalized spacial score (nSPS) is 23.2. The molecule has 1 unspecified atom stereocenters. The summed E-state index contributed by atoms with van der Waals surface area (Å²) >= 11 is 0. The molecule has 7 rings (SSSR count). The molecule has 12 nitrogen and oxygen atoms in total. The Balaban J connectivity index is 1.16. The van der Waals surface area contributed by atoms with Crippen molar-refractivity contribution in [2.24, 2.45) is 0 Å². The van der Waals surface area contributed by atoms with E-state index in [1.54, 1.807) is 4.90 Å². The standard InChI is InChI=1S/C34H50N8O4Si/c1-23-8-11-30-28(17-35-41(30)22-45-15-16-47(3,4)5)31(23)39-14-12-27-29(20-39)36-33(46-21-26-7-6-13-38(26)2)37-32(27)40-18-24-9-10-25(19-40)42(24)34(43)44/h8,11,17,24-26H,6-7,9-10,12-16,18-22H2,1-5H3,(H,43,44)/t24-,25+,26?. The lowest BCUT2D eigenvalue weighted by atomic mass is 10.0. The molecule has 2 bridgehead atoms. The SMILES string of the molecule is Cc1ccc2c(cnn2COCC[Si](C)(C)C)c1N1CCc2c(nc(OCC3CCCN3C)nc2N2C[C@H]3CC[C@@H](C2)N3C(=O)O)C1. The van der Waals surface area contributed by atoms with E-state index in [1.807, 2.05) is 10.9 Å². The molecule has 1 amide bonds. The van der Waals surface area contributed by atoms with Crippen molar-refractivity contribution in [3.63, 3.8) is 0 Å². The van der Waals surface area contributed by atoms with Crippen molar-refractivity contribution in [3.8, 4) is 6.01 Å². The van der Waals surface area contributed by atoms with Gasteiger partial charge >= 0.3 is 12.1 Å². The molecule has 1 aromatic carbocycles. The van der Waals surface area contributed by atoms with Crippen molar-refractivity contribution in [2.45, 2.75) is 96.1 Å². The molecule has 0 aliphatic carbocycles. The van der Waals surface area contributed by atoms with Crippen LogP contribution in [0.15, 0.2) is 18.3 Å². The number of carbonyl (C=O) groups is 1. The van der Waals surface area contributed by atoms with Gasteiger partial charge in [-0.05, 0) is 70.3 Å². The number of likely N-dealkylation sites (N-methyl/N-ethyl adjacent to an activating group) is 1. The fourth-order valence-corrected chi connectivity index (χ4v) is 8.71. The van der Waals surface area contributed by atoms with Crippen LogP contribution in [0.3, 0.4) is 0 Å². The Morgan fingerprint density at radius 1 is 1.06 bits per heavy atom. The Bertz CT molecular complexity index is 1610. The minimum Gasteiger partial charge on any atom is -0.465 e. The molecule has 6 heterocycles. The second-order valence-electron chi connectivity index (χ2n) is 15.2. The van der Waals surface area contributed by atoms with Crippen molar-refractivity contribution in [3.05, 3.63) is 35.2 Å². The zero-order valence-electron chi connectivity index (χ0n) is 28.6. The van der Waals surface area contributed by atoms with Gasteiger partial charge in [0.2, 0.25) is 0 Å². The number of benzene rings is 1. The molecule has 4 aliphatic heterocycles. The third-order valence-corrected chi connectivity index (χ3v) is 12.3. The van der Waals surface area contributed by atoms with Gasteiger partial charge in [-0.25, -0.2) is 9.48 Å². The Kier molecular flexibility index (Phi) is 8.81. The van der Waals surface area contributed by atoms with Gasteiger partial charge in [-0.2, -0.15) is 15.1 Å². The summed E-state index contributed by atoms with van der Waals surface area (Å²) in [6.07, 6.45) is 6.05. The summed E-state index contributed by atoms with van der Waals surface area (Å²) in [5, 5.41) is 15.7. The molecule has 0 spiro atoms. The third-order valence-electron chi connectivity index (χ3n) is 10.6. The van der Waals surface area contributed by atoms with Crippen LogP contribution in [-0.4, -0.2) is 113 Å². The van der Waals surface area contributed by atoms with Gasteiger partial charge in [0.1, 0.15) is 19.2 Å². The lowest BCUT2D eigenvalue weighted by molar-refractivity contribution is 0.0817. The third kappa shape index (κ3) is 6.53. The number of hydrogen-bond acceptors (Lipinski definition) is 9. The first-order valence-electron chi connectivity index (χ1n) is 17.3. The molecule has 4 aliphatic rings. The Hall–Kier alpha value is -3.42. The van der Waals surface area contributed by atoms with Crippen LogP contribution in [0.5, 0.6) is 6.01 Å². The van der Waals surface area contributed by atoms with Gasteiger partial charge < -0.3 is 29.3 Å². The van der Waals surface area contributed by atoms with Crippen LogP contribution in [0.1, 0.15) is 42.5 Å². The first-order chi connectivity index (χ1) is 22.6. The lowest BCUT2D eigenvalue weighted by Gasteiger charge is -2.41. The molecule has 0 saturated carbocycles. The van der Waals surface area contributed by atoms with Crippen molar-refractivity contribution >= 4 is 36.6 Å². The van der Waals surface area contributed by atoms with Crippen molar-refractivity contribution < 1.29 is 19.4 Å². The maximum Gasteiger partial charge on any atom is 0.407 e. The molecule has 13 heteroatoms. The van der Waals surface area contributed by atoms with E-state index in [4.69, 9.17) is 24.5 Å². The smallest absolute Gasteiger partial charge is 0.407 e. The minimum absolute atomic E-state index is 0.00947. The lowest BCUT2D eigenvalue weighted by Crippen LogP contribution is -2.56. The maximum atomic E-state index is 12.0. The summed E-state index contributed by atoms with van der Waals surface area (Å²) in [4.78, 5) is 30.9. The molecule has 254 valence electrons. The highest BCUT2D eigenvalue weighted by molar-refractivity contribution is 6.76. The average Bonchev–Trinajstić information content (AvgIpc) is 3.71. The van der Waals surface area contributed by atoms with E-state index in [0.29, 0.717) is 45.0 Å². The van der Waals surface area contributed by atoms with Gasteiger partial charge in [0.05, 0.1) is 41.7 Å². The number of anilines is 2. The van der Waals surface area contributed by atoms with Crippen molar-refractivity contribution in [1.82, 2.24) is 29.5 Å². The van der Waals surface area contributed by atoms with Crippen LogP contribution in [0.2, 0.25) is 25.7 Å². The van der Waals surface area contributed by atoms with Gasteiger partial charge in [0.25, 0.3) is 0 Å². The predicted molar refractivity (Wildman–Crippen MR) is 185 cm³/mol. The van der Waals surface area contributed by atoms with Gasteiger partial charge in [-0.15, -0.1) is 0 Å². The predicted octanol–water partition coefficient (Wildman–Crippen LogP) is 4.81. The van der Waals surface area contributed by atoms with E-state index < -0.39 is 14.2 Å². The van der Waals surface area contributed by atoms with E-state index in [0.717, 1.165) is 79.4 Å². The molecule has 1 N–H and O–H groups in total. The topological polar surface area (TPSA) is 112 Å². The zero-order valence-corrected chi connectivity index (χ0v) is 29.6. The number of likely N-dealkylation sites (tertiary alicyclic amines) is 1. The maximum absolute atomic E-state index is 12.0. The Labute approximate surface area is 278 Å². The van der Waals surface area contributed by atoms with Crippen LogP contribution in [0.4, 0.5) is 16.3 Å². The molecular formula is C34H50N8O4Si. The van der Waals surface area contributed by atoms with Gasteiger partial charge in [-0.1, -0.05) is 25.7 Å². The summed E-state index contributed by atoms with van der Waals surface area (Å²) in [5.74, 6) is 0.921. The second kappa shape index (κ2) is 12.9. The summed E-state index contributed by atoms with van der Waals surface area (Å²) in [5.41, 5.74) is 5.61.